The number of hydrogen-bond donors (Lipinski definition) is 2. The highest BCUT2D eigenvalue weighted by atomic mass is 28.4. The third-order valence-electron chi connectivity index (χ3n) is 12.5. The molecule has 0 unspecified atom stereocenters. The number of fused-ring (bicyclic) bond motifs is 6. The van der Waals surface area contributed by atoms with Crippen molar-refractivity contribution in [1.29, 1.82) is 0 Å². The van der Waals surface area contributed by atoms with E-state index in [9.17, 15) is 19.5 Å². The van der Waals surface area contributed by atoms with Gasteiger partial charge in [-0.05, 0) is 104 Å². The maximum Gasteiger partial charge on any atom is 0.266 e. The summed E-state index contributed by atoms with van der Waals surface area (Å²) in [6.07, 6.45) is -0.340. The summed E-state index contributed by atoms with van der Waals surface area (Å²) >= 11 is 0. The quantitative estimate of drug-likeness (QED) is 0.152. The summed E-state index contributed by atoms with van der Waals surface area (Å²) in [6.45, 7) is 5.64. The van der Waals surface area contributed by atoms with E-state index in [0.29, 0.717) is 68.1 Å². The highest BCUT2D eigenvalue weighted by Crippen LogP contribution is 2.60. The van der Waals surface area contributed by atoms with E-state index in [-0.39, 0.29) is 42.8 Å². The van der Waals surface area contributed by atoms with Crippen LogP contribution in [0.1, 0.15) is 45.2 Å². The van der Waals surface area contributed by atoms with Gasteiger partial charge in [-0.15, -0.1) is 0 Å². The molecule has 0 saturated carbocycles. The normalized spacial score (nSPS) is 21.5. The van der Waals surface area contributed by atoms with Gasteiger partial charge >= 0.3 is 0 Å². The molecule has 1 saturated heterocycles. The number of para-hydroxylation sites is 6. The van der Waals surface area contributed by atoms with Crippen molar-refractivity contribution >= 4 is 54.5 Å². The Morgan fingerprint density at radius 3 is 1.70 bits per heavy atom. The van der Waals surface area contributed by atoms with E-state index >= 15 is 4.79 Å². The van der Waals surface area contributed by atoms with Crippen LogP contribution in [0.5, 0.6) is 23.0 Å². The molecular formula is C49H43N3O8Si. The Balaban J connectivity index is 1.07. The lowest BCUT2D eigenvalue weighted by Crippen LogP contribution is -2.46. The van der Waals surface area contributed by atoms with Gasteiger partial charge in [0.05, 0.1) is 40.8 Å². The molecule has 0 bridgehead atoms. The molecule has 1 fully saturated rings. The van der Waals surface area contributed by atoms with Crippen molar-refractivity contribution in [1.82, 2.24) is 0 Å². The van der Waals surface area contributed by atoms with Crippen LogP contribution in [0.2, 0.25) is 18.6 Å². The minimum Gasteiger partial charge on any atom is -0.454 e. The molecule has 6 aromatic carbocycles. The molecule has 4 aliphatic heterocycles. The van der Waals surface area contributed by atoms with Gasteiger partial charge in [-0.3, -0.25) is 24.2 Å². The Bertz CT molecular complexity index is 2750. The number of aliphatic hydroxyl groups is 1. The number of hydrogen-bond acceptors (Lipinski definition) is 8. The molecule has 4 aliphatic rings. The molecule has 61 heavy (non-hydrogen) atoms. The smallest absolute Gasteiger partial charge is 0.266 e. The van der Waals surface area contributed by atoms with Crippen LogP contribution >= 0.6 is 0 Å². The van der Waals surface area contributed by atoms with Gasteiger partial charge in [-0.25, -0.2) is 0 Å². The summed E-state index contributed by atoms with van der Waals surface area (Å²) in [6, 6.07) is 42.1. The van der Waals surface area contributed by atoms with Crippen LogP contribution in [0.25, 0.3) is 0 Å². The van der Waals surface area contributed by atoms with Crippen LogP contribution in [-0.4, -0.2) is 48.7 Å². The number of carbonyl (C=O) groups is 3. The lowest BCUT2D eigenvalue weighted by atomic mass is 9.82. The maximum atomic E-state index is 15.3. The summed E-state index contributed by atoms with van der Waals surface area (Å²) in [4.78, 5) is 60.7. The minimum absolute atomic E-state index is 0.168. The highest BCUT2D eigenvalue weighted by Gasteiger charge is 2.66. The Labute approximate surface area is 354 Å². The summed E-state index contributed by atoms with van der Waals surface area (Å²) in [5.41, 5.74) is 3.19. The second-order valence-electron chi connectivity index (χ2n) is 16.5. The van der Waals surface area contributed by atoms with Crippen molar-refractivity contribution in [3.8, 4) is 23.0 Å². The molecule has 0 radical (unpaired) electrons. The Kier molecular flexibility index (Phi) is 9.22. The van der Waals surface area contributed by atoms with Gasteiger partial charge in [0.1, 0.15) is 11.5 Å². The van der Waals surface area contributed by atoms with Crippen molar-refractivity contribution in [2.45, 2.75) is 50.2 Å². The maximum absolute atomic E-state index is 15.3. The van der Waals surface area contributed by atoms with Gasteiger partial charge in [-0.1, -0.05) is 67.6 Å². The van der Waals surface area contributed by atoms with Crippen molar-refractivity contribution in [2.75, 3.05) is 21.3 Å². The topological polar surface area (TPSA) is 129 Å². The molecule has 4 atom stereocenters. The van der Waals surface area contributed by atoms with Gasteiger partial charge < -0.3 is 29.0 Å². The second-order valence-corrected chi connectivity index (χ2v) is 20.5. The first-order chi connectivity index (χ1) is 29.5. The van der Waals surface area contributed by atoms with Crippen LogP contribution in [0.15, 0.2) is 140 Å². The van der Waals surface area contributed by atoms with Crippen molar-refractivity contribution in [3.63, 3.8) is 0 Å². The Hall–Kier alpha value is -6.57. The molecule has 306 valence electrons. The molecule has 1 spiro atoms. The third-order valence-corrected chi connectivity index (χ3v) is 15.0. The first kappa shape index (κ1) is 38.6. The third kappa shape index (κ3) is 6.08. The van der Waals surface area contributed by atoms with Crippen molar-refractivity contribution < 1.29 is 38.5 Å². The summed E-state index contributed by atoms with van der Waals surface area (Å²) in [5, 5.41) is 10.2. The number of rotatable bonds is 7. The molecule has 0 aromatic heterocycles. The van der Waals surface area contributed by atoms with Gasteiger partial charge in [0.25, 0.3) is 17.7 Å². The fourth-order valence-corrected chi connectivity index (χ4v) is 12.4. The van der Waals surface area contributed by atoms with Gasteiger partial charge in [0.2, 0.25) is 0 Å². The molecular weight excluding hydrogens is 787 g/mol. The molecule has 12 heteroatoms. The number of ether oxygens (including phenoxy) is 3. The van der Waals surface area contributed by atoms with Crippen molar-refractivity contribution in [2.24, 2.45) is 5.92 Å². The van der Waals surface area contributed by atoms with E-state index in [4.69, 9.17) is 14.2 Å². The van der Waals surface area contributed by atoms with Gasteiger partial charge in [0, 0.05) is 35.0 Å². The van der Waals surface area contributed by atoms with Crippen molar-refractivity contribution in [3.05, 3.63) is 162 Å². The zero-order valence-corrected chi connectivity index (χ0v) is 34.8. The van der Waals surface area contributed by atoms with E-state index in [1.165, 1.54) is 0 Å². The molecule has 11 nitrogen and oxygen atoms in total. The summed E-state index contributed by atoms with van der Waals surface area (Å²) < 4.78 is 19.4. The Morgan fingerprint density at radius 1 is 0.639 bits per heavy atom. The predicted octanol–water partition coefficient (Wildman–Crippen LogP) is 9.58. The fourth-order valence-electron chi connectivity index (χ4n) is 9.82. The number of nitrogens with zero attached hydrogens (tertiary/aromatic N) is 3. The van der Waals surface area contributed by atoms with E-state index < -0.39 is 25.9 Å². The lowest BCUT2D eigenvalue weighted by Gasteiger charge is -2.32. The molecule has 10 rings (SSSR count). The van der Waals surface area contributed by atoms with Gasteiger partial charge in [-0.2, -0.15) is 0 Å². The van der Waals surface area contributed by atoms with Gasteiger partial charge in [0.15, 0.2) is 25.4 Å². The fraction of sp³-hybridized carbons (Fsp3) is 0.204. The van der Waals surface area contributed by atoms with Crippen LogP contribution in [-0.2, 0) is 21.7 Å². The van der Waals surface area contributed by atoms with Crippen LogP contribution in [0, 0.1) is 5.92 Å². The van der Waals surface area contributed by atoms with Crippen LogP contribution < -0.4 is 24.2 Å². The molecule has 4 heterocycles. The summed E-state index contributed by atoms with van der Waals surface area (Å²) in [5.74, 6) is 0.661. The molecule has 0 aliphatic carbocycles. The van der Waals surface area contributed by atoms with Crippen LogP contribution in [0.4, 0.5) is 28.4 Å². The number of anilines is 5. The minimum atomic E-state index is -2.99. The zero-order valence-electron chi connectivity index (χ0n) is 33.8. The average Bonchev–Trinajstić information content (AvgIpc) is 3.57. The first-order valence-corrected chi connectivity index (χ1v) is 23.5. The standard InChI is InChI=1S/C49H43N3O8Si/c1-30-45(61(2,3)57)44(26-27-53)60-49(30)36-28-33(52-39-15-7-11-19-43(39)59-41-17-9-5-13-35(41)47(52)55)24-25-37(36)50(48(49)56)29-31-20-22-32(23-21-31)51-38-14-6-10-18-42(38)58-40-16-8-4-12-34(40)46(51)54/h4-25,28,30,44-45,53,57H,26-27,29H2,1-3H3/t30-,44+,45-,49+/m1/s1. The lowest BCUT2D eigenvalue weighted by molar-refractivity contribution is -0.146. The SMILES string of the molecule is C[C@@H]1[C@@H]([Si](C)(C)O)[C@H](CCO)O[C@@]12C(=O)N(Cc1ccc(N3C(=O)c4ccccc4Oc4ccccc43)cc1)c1ccc(N3C(=O)c4ccccc4Oc4ccccc43)cc12. The predicted molar refractivity (Wildman–Crippen MR) is 234 cm³/mol. The average molecular weight is 830 g/mol. The number of amides is 3. The zero-order chi connectivity index (χ0) is 42.2. The molecule has 3 amide bonds. The number of aliphatic hydroxyl groups excluding tert-OH is 1. The molecule has 6 aromatic rings. The van der Waals surface area contributed by atoms with E-state index in [1.807, 2.05) is 129 Å². The van der Waals surface area contributed by atoms with E-state index in [2.05, 4.69) is 0 Å². The number of benzene rings is 6. The number of carbonyl (C=O) groups excluding carboxylic acids is 3. The monoisotopic (exact) mass is 829 g/mol. The highest BCUT2D eigenvalue weighted by molar-refractivity contribution is 6.71. The van der Waals surface area contributed by atoms with E-state index in [1.54, 1.807) is 45.0 Å². The van der Waals surface area contributed by atoms with E-state index in [0.717, 1.165) is 5.56 Å². The largest absolute Gasteiger partial charge is 0.454 e. The summed E-state index contributed by atoms with van der Waals surface area (Å²) in [7, 11) is -2.99. The molecule has 2 N–H and O–H groups in total. The first-order valence-electron chi connectivity index (χ1n) is 20.5. The Morgan fingerprint density at radius 2 is 1.15 bits per heavy atom. The van der Waals surface area contributed by atoms with Crippen LogP contribution in [0.3, 0.4) is 0 Å². The second kappa shape index (κ2) is 14.6.